The van der Waals surface area contributed by atoms with Gasteiger partial charge in [0.05, 0.1) is 12.3 Å². The number of hydrogen-bond acceptors (Lipinski definition) is 5. The van der Waals surface area contributed by atoms with E-state index in [-0.39, 0.29) is 16.6 Å². The van der Waals surface area contributed by atoms with Crippen molar-refractivity contribution in [1.82, 2.24) is 14.8 Å². The summed E-state index contributed by atoms with van der Waals surface area (Å²) in [5.74, 6) is 0.596. The molecule has 2 heterocycles. The van der Waals surface area contributed by atoms with E-state index in [2.05, 4.69) is 78.9 Å². The fraction of sp³-hybridized carbons (Fsp3) is 0.348. The van der Waals surface area contributed by atoms with Gasteiger partial charge in [-0.25, -0.2) is 0 Å². The van der Waals surface area contributed by atoms with Gasteiger partial charge in [-0.3, -0.25) is 9.36 Å². The summed E-state index contributed by atoms with van der Waals surface area (Å²) in [6, 6.07) is 16.6. The number of esters is 1. The zero-order chi connectivity index (χ0) is 20.6. The number of thioether (sulfide) groups is 1. The summed E-state index contributed by atoms with van der Waals surface area (Å²) in [5, 5.41) is 9.42. The molecule has 1 atom stereocenters. The Kier molecular flexibility index (Phi) is 5.21. The Morgan fingerprint density at radius 2 is 1.79 bits per heavy atom. The molecule has 1 aromatic heterocycles. The molecule has 1 aliphatic rings. The van der Waals surface area contributed by atoms with Crippen LogP contribution in [0.4, 0.5) is 0 Å². The molecule has 0 radical (unpaired) electrons. The van der Waals surface area contributed by atoms with Crippen molar-refractivity contribution in [3.63, 3.8) is 0 Å². The summed E-state index contributed by atoms with van der Waals surface area (Å²) in [7, 11) is 0. The topological polar surface area (TPSA) is 57.0 Å². The quantitative estimate of drug-likeness (QED) is 0.573. The number of ether oxygens (including phenoxy) is 1. The van der Waals surface area contributed by atoms with Crippen LogP contribution in [0.15, 0.2) is 53.7 Å². The van der Waals surface area contributed by atoms with Crippen LogP contribution in [0, 0.1) is 6.92 Å². The van der Waals surface area contributed by atoms with Gasteiger partial charge in [0.25, 0.3) is 0 Å². The molecule has 0 spiro atoms. The molecule has 0 bridgehead atoms. The van der Waals surface area contributed by atoms with Gasteiger partial charge in [-0.05, 0) is 29.5 Å². The van der Waals surface area contributed by atoms with Crippen molar-refractivity contribution in [2.75, 3.05) is 6.61 Å². The normalized spacial score (nSPS) is 16.8. The molecule has 0 amide bonds. The minimum atomic E-state index is -0.238. The molecule has 0 unspecified atom stereocenters. The molecule has 3 aromatic rings. The van der Waals surface area contributed by atoms with Crippen LogP contribution in [0.25, 0.3) is 17.1 Å². The molecule has 29 heavy (non-hydrogen) atoms. The van der Waals surface area contributed by atoms with Crippen molar-refractivity contribution in [2.45, 2.75) is 49.9 Å². The average molecular weight is 408 g/mol. The first-order valence-electron chi connectivity index (χ1n) is 9.80. The standard InChI is InChI=1S/C23H25N3O2S/c1-15-7-5-6-8-18(15)26-20(16-9-11-17(12-10-16)23(2,3)4)24-25-22(26)29-19-13-14-28-21(19)27/h5-12,19H,13-14H2,1-4H3/t19-/m1/s1. The highest BCUT2D eigenvalue weighted by molar-refractivity contribution is 8.00. The third kappa shape index (κ3) is 3.94. The van der Waals surface area contributed by atoms with E-state index in [1.165, 1.54) is 17.3 Å². The van der Waals surface area contributed by atoms with Gasteiger partial charge >= 0.3 is 5.97 Å². The van der Waals surface area contributed by atoms with Crippen LogP contribution in [0.2, 0.25) is 0 Å². The molecule has 4 rings (SSSR count). The van der Waals surface area contributed by atoms with Gasteiger partial charge in [0, 0.05) is 12.0 Å². The molecule has 5 nitrogen and oxygen atoms in total. The van der Waals surface area contributed by atoms with Crippen molar-refractivity contribution >= 4 is 17.7 Å². The van der Waals surface area contributed by atoms with E-state index in [1.807, 2.05) is 12.1 Å². The number of carbonyl (C=O) groups is 1. The molecule has 6 heteroatoms. The maximum atomic E-state index is 12.0. The number of benzene rings is 2. The van der Waals surface area contributed by atoms with Crippen LogP contribution in [0.3, 0.4) is 0 Å². The number of rotatable bonds is 4. The summed E-state index contributed by atoms with van der Waals surface area (Å²) in [6.07, 6.45) is 0.694. The van der Waals surface area contributed by atoms with Gasteiger partial charge in [0.15, 0.2) is 11.0 Å². The molecule has 1 saturated heterocycles. The predicted octanol–water partition coefficient (Wildman–Crippen LogP) is 4.95. The summed E-state index contributed by atoms with van der Waals surface area (Å²) < 4.78 is 7.18. The lowest BCUT2D eigenvalue weighted by Crippen LogP contribution is -2.12. The van der Waals surface area contributed by atoms with E-state index in [0.717, 1.165) is 22.6 Å². The van der Waals surface area contributed by atoms with Crippen molar-refractivity contribution in [3.05, 3.63) is 59.7 Å². The van der Waals surface area contributed by atoms with E-state index in [1.54, 1.807) is 0 Å². The molecule has 2 aromatic carbocycles. The molecular weight excluding hydrogens is 382 g/mol. The Hall–Kier alpha value is -2.60. The number of cyclic esters (lactones) is 1. The first-order valence-corrected chi connectivity index (χ1v) is 10.7. The van der Waals surface area contributed by atoms with E-state index in [0.29, 0.717) is 18.2 Å². The number of carbonyl (C=O) groups excluding carboxylic acids is 1. The second kappa shape index (κ2) is 7.67. The summed E-state index contributed by atoms with van der Waals surface area (Å²) in [4.78, 5) is 12.0. The van der Waals surface area contributed by atoms with Crippen LogP contribution < -0.4 is 0 Å². The average Bonchev–Trinajstić information content (AvgIpc) is 3.28. The highest BCUT2D eigenvalue weighted by Gasteiger charge is 2.30. The van der Waals surface area contributed by atoms with Crippen molar-refractivity contribution in [1.29, 1.82) is 0 Å². The summed E-state index contributed by atoms with van der Waals surface area (Å²) in [6.45, 7) is 9.14. The first-order chi connectivity index (χ1) is 13.8. The van der Waals surface area contributed by atoms with E-state index in [9.17, 15) is 4.79 Å². The molecule has 1 aliphatic heterocycles. The maximum Gasteiger partial charge on any atom is 0.319 e. The van der Waals surface area contributed by atoms with Gasteiger partial charge in [-0.2, -0.15) is 0 Å². The number of para-hydroxylation sites is 1. The highest BCUT2D eigenvalue weighted by Crippen LogP contribution is 2.34. The summed E-state index contributed by atoms with van der Waals surface area (Å²) >= 11 is 1.43. The number of hydrogen-bond donors (Lipinski definition) is 0. The highest BCUT2D eigenvalue weighted by atomic mass is 32.2. The Labute approximate surface area is 175 Å². The number of nitrogens with zero attached hydrogens (tertiary/aromatic N) is 3. The van der Waals surface area contributed by atoms with Gasteiger partial charge in [0.2, 0.25) is 0 Å². The SMILES string of the molecule is Cc1ccccc1-n1c(S[C@@H]2CCOC2=O)nnc1-c1ccc(C(C)(C)C)cc1. The monoisotopic (exact) mass is 407 g/mol. The third-order valence-corrected chi connectivity index (χ3v) is 6.32. The molecule has 0 aliphatic carbocycles. The molecule has 1 fully saturated rings. The largest absolute Gasteiger partial charge is 0.465 e. The predicted molar refractivity (Wildman–Crippen MR) is 115 cm³/mol. The Bertz CT molecular complexity index is 1040. The lowest BCUT2D eigenvalue weighted by atomic mass is 9.87. The molecule has 0 N–H and O–H groups in total. The second-order valence-electron chi connectivity index (χ2n) is 8.32. The van der Waals surface area contributed by atoms with E-state index in [4.69, 9.17) is 4.74 Å². The van der Waals surface area contributed by atoms with Crippen molar-refractivity contribution in [2.24, 2.45) is 0 Å². The van der Waals surface area contributed by atoms with Crippen LogP contribution in [-0.4, -0.2) is 32.6 Å². The van der Waals surface area contributed by atoms with Gasteiger partial charge in [-0.15, -0.1) is 10.2 Å². The van der Waals surface area contributed by atoms with E-state index >= 15 is 0 Å². The number of aromatic nitrogens is 3. The smallest absolute Gasteiger partial charge is 0.319 e. The van der Waals surface area contributed by atoms with Crippen molar-refractivity contribution in [3.8, 4) is 17.1 Å². The van der Waals surface area contributed by atoms with Crippen LogP contribution in [0.1, 0.15) is 38.3 Å². The zero-order valence-corrected chi connectivity index (χ0v) is 18.0. The Balaban J connectivity index is 1.80. The second-order valence-corrected chi connectivity index (χ2v) is 9.49. The summed E-state index contributed by atoms with van der Waals surface area (Å²) in [5.41, 5.74) is 4.49. The van der Waals surface area contributed by atoms with Gasteiger partial charge in [-0.1, -0.05) is 75.0 Å². The molecule has 0 saturated carbocycles. The van der Waals surface area contributed by atoms with Gasteiger partial charge < -0.3 is 4.74 Å². The van der Waals surface area contributed by atoms with Crippen LogP contribution >= 0.6 is 11.8 Å². The third-order valence-electron chi connectivity index (χ3n) is 5.13. The van der Waals surface area contributed by atoms with Gasteiger partial charge in [0.1, 0.15) is 5.25 Å². The fourth-order valence-electron chi connectivity index (χ4n) is 3.40. The van der Waals surface area contributed by atoms with Crippen molar-refractivity contribution < 1.29 is 9.53 Å². The number of aryl methyl sites for hydroxylation is 1. The lowest BCUT2D eigenvalue weighted by molar-refractivity contribution is -0.137. The molecule has 150 valence electrons. The maximum absolute atomic E-state index is 12.0. The Morgan fingerprint density at radius 3 is 2.41 bits per heavy atom. The van der Waals surface area contributed by atoms with Crippen LogP contribution in [0.5, 0.6) is 0 Å². The minimum absolute atomic E-state index is 0.0894. The fourth-order valence-corrected chi connectivity index (χ4v) is 4.41. The minimum Gasteiger partial charge on any atom is -0.465 e. The van der Waals surface area contributed by atoms with E-state index < -0.39 is 0 Å². The zero-order valence-electron chi connectivity index (χ0n) is 17.2. The first kappa shape index (κ1) is 19.7. The van der Waals surface area contributed by atoms with Crippen LogP contribution in [-0.2, 0) is 14.9 Å². The Morgan fingerprint density at radius 1 is 1.07 bits per heavy atom. The molecular formula is C23H25N3O2S. The lowest BCUT2D eigenvalue weighted by Gasteiger charge is -2.19.